The van der Waals surface area contributed by atoms with Gasteiger partial charge in [0.05, 0.1) is 13.2 Å². The van der Waals surface area contributed by atoms with Gasteiger partial charge in [-0.15, -0.1) is 0 Å². The van der Waals surface area contributed by atoms with Crippen LogP contribution < -0.4 is 20.5 Å². The number of nitrogens with one attached hydrogen (secondary N) is 1. The lowest BCUT2D eigenvalue weighted by molar-refractivity contribution is -0.119. The third-order valence-electron chi connectivity index (χ3n) is 3.51. The molecule has 6 nitrogen and oxygen atoms in total. The summed E-state index contributed by atoms with van der Waals surface area (Å²) in [5.74, 6) is -0.181. The fourth-order valence-corrected chi connectivity index (χ4v) is 2.32. The first-order valence-electron chi connectivity index (χ1n) is 7.56. The zero-order valence-electron chi connectivity index (χ0n) is 13.9. The monoisotopic (exact) mass is 362 g/mol. The van der Waals surface area contributed by atoms with Gasteiger partial charge in [0.2, 0.25) is 0 Å². The second-order valence-electron chi connectivity index (χ2n) is 5.37. The fourth-order valence-electron chi connectivity index (χ4n) is 2.19. The maximum absolute atomic E-state index is 12.4. The molecule has 7 heteroatoms. The number of hydrogen-bond donors (Lipinski definition) is 2. The summed E-state index contributed by atoms with van der Waals surface area (Å²) in [7, 11) is 1.45. The molecule has 2 amide bonds. The minimum Gasteiger partial charge on any atom is -0.493 e. The van der Waals surface area contributed by atoms with Crippen LogP contribution in [0.1, 0.15) is 28.9 Å². The molecule has 0 aliphatic carbocycles. The van der Waals surface area contributed by atoms with E-state index < -0.39 is 5.91 Å². The number of methoxy groups -OCH3 is 1. The summed E-state index contributed by atoms with van der Waals surface area (Å²) >= 11 is 5.87. The number of ether oxygens (including phenoxy) is 2. The average Bonchev–Trinajstić information content (AvgIpc) is 2.60. The summed E-state index contributed by atoms with van der Waals surface area (Å²) in [6, 6.07) is 11.7. The Morgan fingerprint density at radius 2 is 1.84 bits per heavy atom. The van der Waals surface area contributed by atoms with Gasteiger partial charge >= 0.3 is 0 Å². The van der Waals surface area contributed by atoms with E-state index in [1.807, 2.05) is 19.1 Å². The number of carbonyl (C=O) groups excluding carboxylic acids is 2. The van der Waals surface area contributed by atoms with Crippen LogP contribution in [0.25, 0.3) is 0 Å². The smallest absolute Gasteiger partial charge is 0.255 e. The highest BCUT2D eigenvalue weighted by atomic mass is 35.5. The van der Waals surface area contributed by atoms with Gasteiger partial charge in [-0.25, -0.2) is 0 Å². The Morgan fingerprint density at radius 3 is 2.44 bits per heavy atom. The van der Waals surface area contributed by atoms with Crippen molar-refractivity contribution in [2.45, 2.75) is 13.0 Å². The molecule has 3 N–H and O–H groups in total. The van der Waals surface area contributed by atoms with Crippen LogP contribution in [0.3, 0.4) is 0 Å². The molecule has 2 rings (SSSR count). The molecule has 2 aromatic carbocycles. The molecule has 0 aromatic heterocycles. The van der Waals surface area contributed by atoms with Crippen molar-refractivity contribution in [1.29, 1.82) is 0 Å². The summed E-state index contributed by atoms with van der Waals surface area (Å²) in [5.41, 5.74) is 6.40. The van der Waals surface area contributed by atoms with E-state index in [2.05, 4.69) is 5.32 Å². The summed E-state index contributed by atoms with van der Waals surface area (Å²) < 4.78 is 10.4. The largest absolute Gasteiger partial charge is 0.493 e. The Balaban J connectivity index is 2.10. The van der Waals surface area contributed by atoms with Gasteiger partial charge in [0.25, 0.3) is 11.8 Å². The van der Waals surface area contributed by atoms with Crippen LogP contribution in [0.2, 0.25) is 5.02 Å². The summed E-state index contributed by atoms with van der Waals surface area (Å²) in [6.07, 6.45) is 0. The van der Waals surface area contributed by atoms with Crippen molar-refractivity contribution in [3.05, 3.63) is 58.6 Å². The molecule has 2 aromatic rings. The highest BCUT2D eigenvalue weighted by Crippen LogP contribution is 2.28. The number of hydrogen-bond acceptors (Lipinski definition) is 4. The first kappa shape index (κ1) is 18.6. The summed E-state index contributed by atoms with van der Waals surface area (Å²) in [4.78, 5) is 23.2. The maximum atomic E-state index is 12.4. The van der Waals surface area contributed by atoms with Crippen LogP contribution in [0.15, 0.2) is 42.5 Å². The second kappa shape index (κ2) is 8.39. The van der Waals surface area contributed by atoms with E-state index in [1.54, 1.807) is 30.3 Å². The zero-order chi connectivity index (χ0) is 18.4. The molecule has 1 atom stereocenters. The normalized spacial score (nSPS) is 11.5. The number of amides is 2. The topological polar surface area (TPSA) is 90.7 Å². The molecule has 0 unspecified atom stereocenters. The number of nitrogens with two attached hydrogens (primary N) is 1. The first-order valence-corrected chi connectivity index (χ1v) is 7.94. The van der Waals surface area contributed by atoms with Crippen LogP contribution in [0, 0.1) is 0 Å². The van der Waals surface area contributed by atoms with Crippen LogP contribution in [-0.4, -0.2) is 25.5 Å². The number of primary amides is 1. The van der Waals surface area contributed by atoms with Crippen LogP contribution in [-0.2, 0) is 4.79 Å². The lowest BCUT2D eigenvalue weighted by atomic mass is 10.1. The van der Waals surface area contributed by atoms with Gasteiger partial charge in [-0.1, -0.05) is 23.7 Å². The highest BCUT2D eigenvalue weighted by Gasteiger charge is 2.14. The van der Waals surface area contributed by atoms with E-state index in [4.69, 9.17) is 26.8 Å². The SMILES string of the molecule is COc1cc(C(=O)N[C@@H](C)c2ccc(Cl)cc2)ccc1OCC(N)=O. The minimum atomic E-state index is -0.597. The quantitative estimate of drug-likeness (QED) is 0.792. The van der Waals surface area contributed by atoms with Gasteiger partial charge in [-0.2, -0.15) is 0 Å². The minimum absolute atomic E-state index is 0.193. The van der Waals surface area contributed by atoms with E-state index in [0.717, 1.165) is 5.56 Å². The Hall–Kier alpha value is -2.73. The predicted molar refractivity (Wildman–Crippen MR) is 95.0 cm³/mol. The lowest BCUT2D eigenvalue weighted by Crippen LogP contribution is -2.26. The molecule has 0 fully saturated rings. The number of rotatable bonds is 7. The molecule has 0 aliphatic heterocycles. The molecule has 0 aliphatic rings. The van der Waals surface area contributed by atoms with Crippen molar-refractivity contribution >= 4 is 23.4 Å². The first-order chi connectivity index (χ1) is 11.9. The van der Waals surface area contributed by atoms with Crippen molar-refractivity contribution in [3.63, 3.8) is 0 Å². The summed E-state index contributed by atoms with van der Waals surface area (Å²) in [5, 5.41) is 3.54. The van der Waals surface area contributed by atoms with E-state index in [0.29, 0.717) is 22.1 Å². The van der Waals surface area contributed by atoms with Crippen LogP contribution >= 0.6 is 11.6 Å². The molecule has 0 saturated carbocycles. The van der Waals surface area contributed by atoms with E-state index >= 15 is 0 Å². The Kier molecular flexibility index (Phi) is 6.25. The Morgan fingerprint density at radius 1 is 1.16 bits per heavy atom. The van der Waals surface area contributed by atoms with E-state index in [-0.39, 0.29) is 18.6 Å². The van der Waals surface area contributed by atoms with E-state index in [1.165, 1.54) is 7.11 Å². The molecule has 0 heterocycles. The van der Waals surface area contributed by atoms with Gasteiger partial charge in [0.1, 0.15) is 0 Å². The number of halogens is 1. The van der Waals surface area contributed by atoms with Gasteiger partial charge in [0.15, 0.2) is 18.1 Å². The van der Waals surface area contributed by atoms with Crippen molar-refractivity contribution in [2.24, 2.45) is 5.73 Å². The van der Waals surface area contributed by atoms with Crippen LogP contribution in [0.5, 0.6) is 11.5 Å². The molecule has 0 radical (unpaired) electrons. The van der Waals surface area contributed by atoms with Gasteiger partial charge < -0.3 is 20.5 Å². The molecular formula is C18H19ClN2O4. The molecule has 0 bridgehead atoms. The van der Waals surface area contributed by atoms with Crippen molar-refractivity contribution in [3.8, 4) is 11.5 Å². The standard InChI is InChI=1S/C18H19ClN2O4/c1-11(12-3-6-14(19)7-4-12)21-18(23)13-5-8-15(16(9-13)24-2)25-10-17(20)22/h3-9,11H,10H2,1-2H3,(H2,20,22)(H,21,23)/t11-/m0/s1. The van der Waals surface area contributed by atoms with Crippen LogP contribution in [0.4, 0.5) is 0 Å². The maximum Gasteiger partial charge on any atom is 0.255 e. The highest BCUT2D eigenvalue weighted by molar-refractivity contribution is 6.30. The van der Waals surface area contributed by atoms with Gasteiger partial charge in [0, 0.05) is 10.6 Å². The molecular weight excluding hydrogens is 344 g/mol. The molecule has 25 heavy (non-hydrogen) atoms. The average molecular weight is 363 g/mol. The van der Waals surface area contributed by atoms with E-state index in [9.17, 15) is 9.59 Å². The fraction of sp³-hybridized carbons (Fsp3) is 0.222. The third-order valence-corrected chi connectivity index (χ3v) is 3.77. The Bertz CT molecular complexity index is 762. The second-order valence-corrected chi connectivity index (χ2v) is 5.80. The summed E-state index contributed by atoms with van der Waals surface area (Å²) in [6.45, 7) is 1.61. The number of benzene rings is 2. The zero-order valence-corrected chi connectivity index (χ0v) is 14.7. The molecule has 0 saturated heterocycles. The van der Waals surface area contributed by atoms with Gasteiger partial charge in [-0.05, 0) is 42.8 Å². The number of carbonyl (C=O) groups is 2. The third kappa shape index (κ3) is 5.12. The molecule has 0 spiro atoms. The molecule has 132 valence electrons. The predicted octanol–water partition coefficient (Wildman–Crippen LogP) is 2.70. The van der Waals surface area contributed by atoms with Crippen molar-refractivity contribution < 1.29 is 19.1 Å². The lowest BCUT2D eigenvalue weighted by Gasteiger charge is -2.16. The van der Waals surface area contributed by atoms with Crippen molar-refractivity contribution in [1.82, 2.24) is 5.32 Å². The van der Waals surface area contributed by atoms with Crippen molar-refractivity contribution in [2.75, 3.05) is 13.7 Å². The Labute approximate surface area is 150 Å². The van der Waals surface area contributed by atoms with Gasteiger partial charge in [-0.3, -0.25) is 9.59 Å².